The summed E-state index contributed by atoms with van der Waals surface area (Å²) in [5, 5.41) is 12.1. The maximum Gasteiger partial charge on any atom is 0.125 e. The van der Waals surface area contributed by atoms with Crippen LogP contribution in [0.2, 0.25) is 0 Å². The van der Waals surface area contributed by atoms with E-state index in [1.54, 1.807) is 0 Å². The van der Waals surface area contributed by atoms with E-state index in [2.05, 4.69) is 11.9 Å². The molecule has 82 valence electrons. The number of rotatable bonds is 6. The van der Waals surface area contributed by atoms with Gasteiger partial charge >= 0.3 is 0 Å². The van der Waals surface area contributed by atoms with Crippen LogP contribution in [0.3, 0.4) is 0 Å². The lowest BCUT2D eigenvalue weighted by Crippen LogP contribution is -2.14. The predicted molar refractivity (Wildman–Crippen MR) is 60.9 cm³/mol. The lowest BCUT2D eigenvalue weighted by atomic mass is 10.2. The average Bonchev–Trinajstić information content (AvgIpc) is 2.27. The number of likely N-dealkylation sites (N-methyl/N-ethyl adjacent to an activating group) is 1. The smallest absolute Gasteiger partial charge is 0.125 e. The quantitative estimate of drug-likeness (QED) is 0.691. The Morgan fingerprint density at radius 3 is 2.87 bits per heavy atom. The summed E-state index contributed by atoms with van der Waals surface area (Å²) in [5.74, 6) is 0.720. The van der Waals surface area contributed by atoms with E-state index in [4.69, 9.17) is 9.84 Å². The summed E-state index contributed by atoms with van der Waals surface area (Å²) in [6.07, 6.45) is 0. The third kappa shape index (κ3) is 3.73. The van der Waals surface area contributed by atoms with Gasteiger partial charge in [0.15, 0.2) is 0 Å². The number of para-hydroxylation sites is 1. The van der Waals surface area contributed by atoms with Crippen molar-refractivity contribution in [2.75, 3.05) is 20.2 Å². The van der Waals surface area contributed by atoms with E-state index in [1.807, 2.05) is 31.3 Å². The summed E-state index contributed by atoms with van der Waals surface area (Å²) < 4.78 is 5.54. The Hall–Kier alpha value is -1.32. The van der Waals surface area contributed by atoms with E-state index in [1.165, 1.54) is 0 Å². The molecule has 0 saturated heterocycles. The molecule has 0 unspecified atom stereocenters. The zero-order chi connectivity index (χ0) is 11.1. The highest BCUT2D eigenvalue weighted by Gasteiger charge is 2.01. The van der Waals surface area contributed by atoms with E-state index >= 15 is 0 Å². The van der Waals surface area contributed by atoms with Crippen LogP contribution in [-0.4, -0.2) is 25.3 Å². The monoisotopic (exact) mass is 207 g/mol. The largest absolute Gasteiger partial charge is 0.489 e. The Kier molecular flexibility index (Phi) is 4.87. The van der Waals surface area contributed by atoms with Crippen molar-refractivity contribution < 1.29 is 9.84 Å². The summed E-state index contributed by atoms with van der Waals surface area (Å²) in [7, 11) is 1.87. The molecule has 3 heteroatoms. The molecule has 3 nitrogen and oxygen atoms in total. The second-order valence-corrected chi connectivity index (χ2v) is 3.33. The zero-order valence-electron chi connectivity index (χ0n) is 8.99. The summed E-state index contributed by atoms with van der Waals surface area (Å²) in [4.78, 5) is 0. The number of benzene rings is 1. The molecule has 0 aliphatic carbocycles. The molecular formula is C12H17NO2. The highest BCUT2D eigenvalue weighted by molar-refractivity contribution is 5.32. The van der Waals surface area contributed by atoms with Gasteiger partial charge in [-0.15, -0.1) is 0 Å². The predicted octanol–water partition coefficient (Wildman–Crippen LogP) is 1.33. The topological polar surface area (TPSA) is 41.5 Å². The van der Waals surface area contributed by atoms with Crippen LogP contribution in [0.4, 0.5) is 0 Å². The molecule has 0 heterocycles. The molecule has 0 saturated carbocycles. The molecule has 0 amide bonds. The molecule has 15 heavy (non-hydrogen) atoms. The second-order valence-electron chi connectivity index (χ2n) is 3.33. The Morgan fingerprint density at radius 1 is 1.47 bits per heavy atom. The first kappa shape index (κ1) is 11.8. The Labute approximate surface area is 90.4 Å². The van der Waals surface area contributed by atoms with Gasteiger partial charge in [-0.25, -0.2) is 0 Å². The highest BCUT2D eigenvalue weighted by Crippen LogP contribution is 2.17. The standard InChI is InChI=1S/C12H17NO2/c1-10(7-13-2)9-15-12-6-4-3-5-11(12)8-14/h3-6,13-14H,1,7-9H2,2H3. The van der Waals surface area contributed by atoms with Gasteiger partial charge < -0.3 is 15.2 Å². The fraction of sp³-hybridized carbons (Fsp3) is 0.333. The molecule has 1 aromatic rings. The van der Waals surface area contributed by atoms with Gasteiger partial charge in [-0.3, -0.25) is 0 Å². The molecule has 0 bridgehead atoms. The minimum atomic E-state index is -0.00528. The van der Waals surface area contributed by atoms with E-state index < -0.39 is 0 Å². The first-order valence-corrected chi connectivity index (χ1v) is 4.90. The third-order valence-electron chi connectivity index (χ3n) is 2.00. The van der Waals surface area contributed by atoms with Crippen LogP contribution in [0.25, 0.3) is 0 Å². The van der Waals surface area contributed by atoms with Gasteiger partial charge in [-0.05, 0) is 18.7 Å². The molecular weight excluding hydrogens is 190 g/mol. The summed E-state index contributed by atoms with van der Waals surface area (Å²) >= 11 is 0. The maximum absolute atomic E-state index is 9.07. The van der Waals surface area contributed by atoms with Crippen LogP contribution >= 0.6 is 0 Å². The van der Waals surface area contributed by atoms with Crippen molar-refractivity contribution in [2.45, 2.75) is 6.61 Å². The SMILES string of the molecule is C=C(CNC)COc1ccccc1CO. The van der Waals surface area contributed by atoms with Crippen molar-refractivity contribution in [1.82, 2.24) is 5.32 Å². The fourth-order valence-electron chi connectivity index (χ4n) is 1.26. The van der Waals surface area contributed by atoms with Gasteiger partial charge in [0, 0.05) is 12.1 Å². The molecule has 0 spiro atoms. The van der Waals surface area contributed by atoms with Crippen LogP contribution < -0.4 is 10.1 Å². The molecule has 0 aliphatic rings. The van der Waals surface area contributed by atoms with Crippen molar-refractivity contribution in [3.63, 3.8) is 0 Å². The minimum Gasteiger partial charge on any atom is -0.489 e. The number of ether oxygens (including phenoxy) is 1. The van der Waals surface area contributed by atoms with Crippen molar-refractivity contribution in [3.05, 3.63) is 42.0 Å². The number of hydrogen-bond donors (Lipinski definition) is 2. The van der Waals surface area contributed by atoms with Crippen LogP contribution in [0.5, 0.6) is 5.75 Å². The summed E-state index contributed by atoms with van der Waals surface area (Å²) in [5.41, 5.74) is 1.78. The molecule has 0 aromatic heterocycles. The second kappa shape index (κ2) is 6.22. The molecule has 1 aromatic carbocycles. The van der Waals surface area contributed by atoms with E-state index in [9.17, 15) is 0 Å². The van der Waals surface area contributed by atoms with E-state index in [-0.39, 0.29) is 6.61 Å². The minimum absolute atomic E-state index is 0.00528. The number of aliphatic hydroxyl groups excluding tert-OH is 1. The van der Waals surface area contributed by atoms with Crippen LogP contribution in [0, 0.1) is 0 Å². The number of hydrogen-bond acceptors (Lipinski definition) is 3. The van der Waals surface area contributed by atoms with Gasteiger partial charge in [0.1, 0.15) is 12.4 Å². The van der Waals surface area contributed by atoms with Gasteiger partial charge in [-0.1, -0.05) is 24.8 Å². The van der Waals surface area contributed by atoms with Crippen LogP contribution in [0.15, 0.2) is 36.4 Å². The third-order valence-corrected chi connectivity index (χ3v) is 2.00. The van der Waals surface area contributed by atoms with E-state index in [0.717, 1.165) is 23.4 Å². The van der Waals surface area contributed by atoms with Gasteiger partial charge in [0.2, 0.25) is 0 Å². The number of aliphatic hydroxyl groups is 1. The van der Waals surface area contributed by atoms with Crippen molar-refractivity contribution >= 4 is 0 Å². The summed E-state index contributed by atoms with van der Waals surface area (Å²) in [6.45, 7) is 5.07. The lowest BCUT2D eigenvalue weighted by Gasteiger charge is -2.11. The number of nitrogens with one attached hydrogen (secondary N) is 1. The molecule has 1 rings (SSSR count). The van der Waals surface area contributed by atoms with Gasteiger partial charge in [0.05, 0.1) is 6.61 Å². The first-order chi connectivity index (χ1) is 7.27. The van der Waals surface area contributed by atoms with Crippen molar-refractivity contribution in [1.29, 1.82) is 0 Å². The Morgan fingerprint density at radius 2 is 2.20 bits per heavy atom. The molecule has 2 N–H and O–H groups in total. The molecule has 0 fully saturated rings. The van der Waals surface area contributed by atoms with Crippen LogP contribution in [-0.2, 0) is 6.61 Å². The van der Waals surface area contributed by atoms with E-state index in [0.29, 0.717) is 6.61 Å². The Balaban J connectivity index is 2.53. The normalized spacial score (nSPS) is 10.0. The molecule has 0 aliphatic heterocycles. The average molecular weight is 207 g/mol. The highest BCUT2D eigenvalue weighted by atomic mass is 16.5. The van der Waals surface area contributed by atoms with Crippen molar-refractivity contribution in [3.8, 4) is 5.75 Å². The van der Waals surface area contributed by atoms with Crippen molar-refractivity contribution in [2.24, 2.45) is 0 Å². The molecule has 0 radical (unpaired) electrons. The fourth-order valence-corrected chi connectivity index (χ4v) is 1.26. The molecule has 0 atom stereocenters. The summed E-state index contributed by atoms with van der Waals surface area (Å²) in [6, 6.07) is 7.45. The zero-order valence-corrected chi connectivity index (χ0v) is 8.99. The van der Waals surface area contributed by atoms with Gasteiger partial charge in [0.25, 0.3) is 0 Å². The Bertz CT molecular complexity index is 323. The van der Waals surface area contributed by atoms with Gasteiger partial charge in [-0.2, -0.15) is 0 Å². The maximum atomic E-state index is 9.07. The first-order valence-electron chi connectivity index (χ1n) is 4.90. The van der Waals surface area contributed by atoms with Crippen LogP contribution in [0.1, 0.15) is 5.56 Å². The lowest BCUT2D eigenvalue weighted by molar-refractivity contribution is 0.268.